The summed E-state index contributed by atoms with van der Waals surface area (Å²) in [6.45, 7) is 6.28. The molecule has 3 aromatic rings. The molecule has 0 bridgehead atoms. The number of rotatable bonds is 5. The first-order valence-corrected chi connectivity index (χ1v) is 10.4. The van der Waals surface area contributed by atoms with Crippen molar-refractivity contribution in [2.24, 2.45) is 0 Å². The predicted octanol–water partition coefficient (Wildman–Crippen LogP) is 5.15. The van der Waals surface area contributed by atoms with Crippen LogP contribution in [0.3, 0.4) is 0 Å². The number of benzene rings is 3. The topological polar surface area (TPSA) is 32.3 Å². The van der Waals surface area contributed by atoms with E-state index in [-0.39, 0.29) is 11.9 Å². The van der Waals surface area contributed by atoms with E-state index < -0.39 is 0 Å². The first-order chi connectivity index (χ1) is 14.1. The molecule has 0 aromatic heterocycles. The van der Waals surface area contributed by atoms with Crippen molar-refractivity contribution in [2.75, 3.05) is 13.1 Å². The molecule has 29 heavy (non-hydrogen) atoms. The number of piperazine rings is 1. The molecule has 3 aromatic carbocycles. The van der Waals surface area contributed by atoms with E-state index >= 15 is 0 Å². The maximum atomic E-state index is 12.2. The Balaban J connectivity index is 1.70. The van der Waals surface area contributed by atoms with Crippen molar-refractivity contribution in [3.05, 3.63) is 95.6 Å². The van der Waals surface area contributed by atoms with Gasteiger partial charge in [0.2, 0.25) is 5.91 Å². The standard InChI is InChI=1S/C26H28N2O/c1-19(2)22-13-8-9-15-24(22)23-14-7-6-12-21(23)17-28-18-26(29)27-16-25(28)20-10-4-3-5-11-20/h3-15,19,25H,16-18H2,1-2H3,(H,27,29)/t25-/m0/s1. The van der Waals surface area contributed by atoms with E-state index in [1.807, 2.05) is 6.07 Å². The van der Waals surface area contributed by atoms with Crippen LogP contribution in [0.4, 0.5) is 0 Å². The molecule has 1 heterocycles. The Morgan fingerprint density at radius 3 is 2.31 bits per heavy atom. The van der Waals surface area contributed by atoms with E-state index in [0.29, 0.717) is 19.0 Å². The number of nitrogens with zero attached hydrogens (tertiary/aromatic N) is 1. The van der Waals surface area contributed by atoms with E-state index in [1.54, 1.807) is 0 Å². The van der Waals surface area contributed by atoms with Gasteiger partial charge in [-0.1, -0.05) is 92.7 Å². The van der Waals surface area contributed by atoms with Crippen molar-refractivity contribution in [3.8, 4) is 11.1 Å². The highest BCUT2D eigenvalue weighted by Crippen LogP contribution is 2.33. The van der Waals surface area contributed by atoms with Crippen LogP contribution in [0.5, 0.6) is 0 Å². The average molecular weight is 385 g/mol. The van der Waals surface area contributed by atoms with Gasteiger partial charge in [-0.3, -0.25) is 9.69 Å². The van der Waals surface area contributed by atoms with Crippen molar-refractivity contribution < 1.29 is 4.79 Å². The third kappa shape index (κ3) is 4.25. The lowest BCUT2D eigenvalue weighted by molar-refractivity contribution is -0.125. The Labute approximate surface area is 173 Å². The van der Waals surface area contributed by atoms with Crippen LogP contribution in [-0.4, -0.2) is 23.9 Å². The van der Waals surface area contributed by atoms with Crippen molar-refractivity contribution in [1.29, 1.82) is 0 Å². The number of amides is 1. The summed E-state index contributed by atoms with van der Waals surface area (Å²) in [5, 5.41) is 3.04. The first-order valence-electron chi connectivity index (χ1n) is 10.4. The van der Waals surface area contributed by atoms with Crippen LogP contribution in [0.25, 0.3) is 11.1 Å². The number of hydrogen-bond donors (Lipinski definition) is 1. The fourth-order valence-corrected chi connectivity index (χ4v) is 4.25. The molecular weight excluding hydrogens is 356 g/mol. The lowest BCUT2D eigenvalue weighted by Gasteiger charge is -2.36. The van der Waals surface area contributed by atoms with Gasteiger partial charge in [0.15, 0.2) is 0 Å². The predicted molar refractivity (Wildman–Crippen MR) is 119 cm³/mol. The molecule has 1 amide bonds. The zero-order valence-electron chi connectivity index (χ0n) is 17.1. The van der Waals surface area contributed by atoms with Gasteiger partial charge in [-0.05, 0) is 33.7 Å². The normalized spacial score (nSPS) is 17.3. The highest BCUT2D eigenvalue weighted by atomic mass is 16.2. The molecule has 1 aliphatic heterocycles. The molecule has 4 rings (SSSR count). The molecule has 3 nitrogen and oxygen atoms in total. The zero-order valence-corrected chi connectivity index (χ0v) is 17.1. The van der Waals surface area contributed by atoms with Gasteiger partial charge >= 0.3 is 0 Å². The molecule has 1 fully saturated rings. The summed E-state index contributed by atoms with van der Waals surface area (Å²) >= 11 is 0. The van der Waals surface area contributed by atoms with Crippen LogP contribution in [0, 0.1) is 0 Å². The van der Waals surface area contributed by atoms with E-state index in [1.165, 1.54) is 27.8 Å². The van der Waals surface area contributed by atoms with Gasteiger partial charge in [0, 0.05) is 13.1 Å². The van der Waals surface area contributed by atoms with Gasteiger partial charge in [0.1, 0.15) is 0 Å². The Kier molecular flexibility index (Phi) is 5.77. The Bertz CT molecular complexity index is 981. The summed E-state index contributed by atoms with van der Waals surface area (Å²) in [5.74, 6) is 0.550. The van der Waals surface area contributed by atoms with Crippen molar-refractivity contribution in [1.82, 2.24) is 10.2 Å². The van der Waals surface area contributed by atoms with Gasteiger partial charge in [0.05, 0.1) is 12.6 Å². The van der Waals surface area contributed by atoms with Crippen LogP contribution in [0.2, 0.25) is 0 Å². The Hall–Kier alpha value is -2.91. The van der Waals surface area contributed by atoms with E-state index in [2.05, 4.69) is 96.9 Å². The number of carbonyl (C=O) groups is 1. The average Bonchev–Trinajstić information content (AvgIpc) is 2.75. The molecular formula is C26H28N2O. The third-order valence-electron chi connectivity index (χ3n) is 5.73. The van der Waals surface area contributed by atoms with Crippen molar-refractivity contribution >= 4 is 5.91 Å². The molecule has 0 unspecified atom stereocenters. The highest BCUT2D eigenvalue weighted by Gasteiger charge is 2.28. The van der Waals surface area contributed by atoms with Crippen LogP contribution in [0.1, 0.15) is 42.5 Å². The maximum absolute atomic E-state index is 12.2. The van der Waals surface area contributed by atoms with Crippen LogP contribution < -0.4 is 5.32 Å². The smallest absolute Gasteiger partial charge is 0.234 e. The summed E-state index contributed by atoms with van der Waals surface area (Å²) in [5.41, 5.74) is 6.41. The summed E-state index contributed by atoms with van der Waals surface area (Å²) in [6.07, 6.45) is 0. The van der Waals surface area contributed by atoms with Crippen molar-refractivity contribution in [3.63, 3.8) is 0 Å². The summed E-state index contributed by atoms with van der Waals surface area (Å²) < 4.78 is 0. The number of hydrogen-bond acceptors (Lipinski definition) is 2. The molecule has 0 radical (unpaired) electrons. The fourth-order valence-electron chi connectivity index (χ4n) is 4.25. The molecule has 1 aliphatic rings. The van der Waals surface area contributed by atoms with Gasteiger partial charge < -0.3 is 5.32 Å². The molecule has 1 saturated heterocycles. The second-order valence-electron chi connectivity index (χ2n) is 8.03. The minimum Gasteiger partial charge on any atom is -0.353 e. The largest absolute Gasteiger partial charge is 0.353 e. The van der Waals surface area contributed by atoms with E-state index in [0.717, 1.165) is 6.54 Å². The molecule has 1 N–H and O–H groups in total. The lowest BCUT2D eigenvalue weighted by Crippen LogP contribution is -2.49. The minimum atomic E-state index is 0.0947. The monoisotopic (exact) mass is 384 g/mol. The highest BCUT2D eigenvalue weighted by molar-refractivity contribution is 5.79. The minimum absolute atomic E-state index is 0.0947. The Morgan fingerprint density at radius 2 is 1.55 bits per heavy atom. The molecule has 3 heteroatoms. The van der Waals surface area contributed by atoms with E-state index in [9.17, 15) is 4.79 Å². The van der Waals surface area contributed by atoms with Crippen LogP contribution in [0.15, 0.2) is 78.9 Å². The number of nitrogens with one attached hydrogen (secondary N) is 1. The second-order valence-corrected chi connectivity index (χ2v) is 8.03. The first kappa shape index (κ1) is 19.4. The fraction of sp³-hybridized carbons (Fsp3) is 0.269. The Morgan fingerprint density at radius 1 is 0.897 bits per heavy atom. The van der Waals surface area contributed by atoms with E-state index in [4.69, 9.17) is 0 Å². The second kappa shape index (κ2) is 8.62. The third-order valence-corrected chi connectivity index (χ3v) is 5.73. The molecule has 1 atom stereocenters. The van der Waals surface area contributed by atoms with Crippen LogP contribution in [-0.2, 0) is 11.3 Å². The molecule has 148 valence electrons. The summed E-state index contributed by atoms with van der Waals surface area (Å²) in [4.78, 5) is 14.5. The van der Waals surface area contributed by atoms with Gasteiger partial charge in [-0.15, -0.1) is 0 Å². The quantitative estimate of drug-likeness (QED) is 0.660. The SMILES string of the molecule is CC(C)c1ccccc1-c1ccccc1CN1CC(=O)NC[C@H]1c1ccccc1. The van der Waals surface area contributed by atoms with Gasteiger partial charge in [-0.2, -0.15) is 0 Å². The summed E-state index contributed by atoms with van der Waals surface area (Å²) in [6, 6.07) is 27.9. The van der Waals surface area contributed by atoms with Gasteiger partial charge in [0.25, 0.3) is 0 Å². The van der Waals surface area contributed by atoms with Crippen molar-refractivity contribution in [2.45, 2.75) is 32.4 Å². The van der Waals surface area contributed by atoms with Crippen LogP contribution >= 0.6 is 0 Å². The van der Waals surface area contributed by atoms with Gasteiger partial charge in [-0.25, -0.2) is 0 Å². The lowest BCUT2D eigenvalue weighted by atomic mass is 9.90. The zero-order chi connectivity index (χ0) is 20.2. The molecule has 0 saturated carbocycles. The maximum Gasteiger partial charge on any atom is 0.234 e. The molecule has 0 spiro atoms. The summed E-state index contributed by atoms with van der Waals surface area (Å²) in [7, 11) is 0. The molecule has 0 aliphatic carbocycles. The number of carbonyl (C=O) groups excluding carboxylic acids is 1.